The minimum atomic E-state index is -1.08. The summed E-state index contributed by atoms with van der Waals surface area (Å²) < 4.78 is 2.02. The number of carboxylic acid groups (broad SMARTS) is 1. The molecule has 0 aliphatic rings. The number of hydrogen-bond acceptors (Lipinski definition) is 2. The maximum Gasteiger partial charge on any atom is 0.337 e. The van der Waals surface area contributed by atoms with Crippen LogP contribution in [0, 0.1) is 0 Å². The van der Waals surface area contributed by atoms with Crippen LogP contribution < -0.4 is 5.32 Å². The summed E-state index contributed by atoms with van der Waals surface area (Å²) in [4.78, 5) is 23.6. The molecule has 0 fully saturated rings. The number of aromatic carboxylic acids is 1. The first kappa shape index (κ1) is 16.5. The molecule has 0 aliphatic heterocycles. The number of amides is 1. The summed E-state index contributed by atoms with van der Waals surface area (Å²) in [6.45, 7) is 1.70. The average Bonchev–Trinajstić information content (AvgIpc) is 2.96. The number of anilines is 1. The normalized spacial score (nSPS) is 11.5. The first-order valence-corrected chi connectivity index (χ1v) is 7.83. The van der Waals surface area contributed by atoms with E-state index in [1.165, 1.54) is 6.07 Å². The van der Waals surface area contributed by atoms with Crippen molar-refractivity contribution in [2.45, 2.75) is 6.92 Å². The van der Waals surface area contributed by atoms with Gasteiger partial charge in [0, 0.05) is 24.3 Å². The molecule has 2 aromatic carbocycles. The third-order valence-electron chi connectivity index (χ3n) is 4.06. The Hall–Kier alpha value is -3.34. The zero-order chi connectivity index (χ0) is 18.0. The Kier molecular flexibility index (Phi) is 4.39. The van der Waals surface area contributed by atoms with E-state index in [0.29, 0.717) is 5.57 Å². The molecule has 0 aliphatic carbocycles. The average molecular weight is 334 g/mol. The van der Waals surface area contributed by atoms with E-state index in [4.69, 9.17) is 0 Å². The van der Waals surface area contributed by atoms with Gasteiger partial charge in [0.1, 0.15) is 0 Å². The third-order valence-corrected chi connectivity index (χ3v) is 4.06. The van der Waals surface area contributed by atoms with Gasteiger partial charge in [-0.25, -0.2) is 4.79 Å². The summed E-state index contributed by atoms with van der Waals surface area (Å²) in [7, 11) is 1.97. The summed E-state index contributed by atoms with van der Waals surface area (Å²) in [5.74, 6) is -1.41. The molecule has 5 nitrogen and oxygen atoms in total. The van der Waals surface area contributed by atoms with E-state index in [9.17, 15) is 14.7 Å². The minimum Gasteiger partial charge on any atom is -0.478 e. The van der Waals surface area contributed by atoms with Gasteiger partial charge in [0.15, 0.2) is 0 Å². The lowest BCUT2D eigenvalue weighted by atomic mass is 10.1. The molecule has 3 rings (SSSR count). The van der Waals surface area contributed by atoms with Crippen LogP contribution in [0.3, 0.4) is 0 Å². The minimum absolute atomic E-state index is 0.0638. The molecule has 0 bridgehead atoms. The molecule has 1 amide bonds. The second-order valence-electron chi connectivity index (χ2n) is 5.88. The van der Waals surface area contributed by atoms with Gasteiger partial charge in [-0.2, -0.15) is 0 Å². The molecule has 1 aromatic heterocycles. The summed E-state index contributed by atoms with van der Waals surface area (Å²) in [5.41, 5.74) is 2.83. The predicted molar refractivity (Wildman–Crippen MR) is 98.6 cm³/mol. The number of carbonyl (C=O) groups is 2. The van der Waals surface area contributed by atoms with Crippen LogP contribution in [0.15, 0.2) is 60.3 Å². The monoisotopic (exact) mass is 334 g/mol. The lowest BCUT2D eigenvalue weighted by molar-refractivity contribution is -0.112. The Balaban J connectivity index is 1.85. The lowest BCUT2D eigenvalue weighted by Gasteiger charge is -2.08. The Morgan fingerprint density at radius 1 is 1.12 bits per heavy atom. The van der Waals surface area contributed by atoms with Crippen LogP contribution in [-0.2, 0) is 11.8 Å². The number of para-hydroxylation sites is 1. The number of aromatic nitrogens is 1. The number of nitrogens with zero attached hydrogens (tertiary/aromatic N) is 1. The van der Waals surface area contributed by atoms with Crippen molar-refractivity contribution in [3.8, 4) is 0 Å². The Morgan fingerprint density at radius 3 is 2.64 bits per heavy atom. The molecule has 5 heteroatoms. The van der Waals surface area contributed by atoms with E-state index in [2.05, 4.69) is 5.32 Å². The lowest BCUT2D eigenvalue weighted by Crippen LogP contribution is -2.15. The quantitative estimate of drug-likeness (QED) is 0.710. The van der Waals surface area contributed by atoms with Gasteiger partial charge >= 0.3 is 5.97 Å². The number of carbonyl (C=O) groups excluding carboxylic acids is 1. The van der Waals surface area contributed by atoms with Gasteiger partial charge in [-0.3, -0.25) is 4.79 Å². The van der Waals surface area contributed by atoms with Crippen molar-refractivity contribution in [3.05, 3.63) is 71.4 Å². The molecular weight excluding hydrogens is 316 g/mol. The van der Waals surface area contributed by atoms with Gasteiger partial charge < -0.3 is 15.0 Å². The summed E-state index contributed by atoms with van der Waals surface area (Å²) in [5, 5.41) is 13.0. The van der Waals surface area contributed by atoms with Gasteiger partial charge in [-0.15, -0.1) is 0 Å². The summed E-state index contributed by atoms with van der Waals surface area (Å²) >= 11 is 0. The van der Waals surface area contributed by atoms with Crippen LogP contribution in [0.5, 0.6) is 0 Å². The number of benzene rings is 2. The van der Waals surface area contributed by atoms with Crippen molar-refractivity contribution in [3.63, 3.8) is 0 Å². The first-order chi connectivity index (χ1) is 12.0. The van der Waals surface area contributed by atoms with Crippen molar-refractivity contribution < 1.29 is 14.7 Å². The standard InChI is InChI=1S/C20H18N2O3/c1-13(11-14-7-8-15-9-10-22(2)18(15)12-14)19(23)21-17-6-4-3-5-16(17)20(24)25/h3-12H,1-2H3,(H,21,23)(H,24,25). The second-order valence-corrected chi connectivity index (χ2v) is 5.88. The molecule has 1 heterocycles. The zero-order valence-electron chi connectivity index (χ0n) is 14.0. The maximum atomic E-state index is 12.4. The molecular formula is C20H18N2O3. The van der Waals surface area contributed by atoms with Crippen molar-refractivity contribution in [2.24, 2.45) is 7.05 Å². The molecule has 0 unspecified atom stereocenters. The largest absolute Gasteiger partial charge is 0.478 e. The van der Waals surface area contributed by atoms with E-state index in [0.717, 1.165) is 16.5 Å². The van der Waals surface area contributed by atoms with Gasteiger partial charge in [0.2, 0.25) is 0 Å². The fourth-order valence-electron chi connectivity index (χ4n) is 2.68. The van der Waals surface area contributed by atoms with E-state index in [-0.39, 0.29) is 17.2 Å². The van der Waals surface area contributed by atoms with E-state index >= 15 is 0 Å². The molecule has 25 heavy (non-hydrogen) atoms. The molecule has 0 saturated carbocycles. The SMILES string of the molecule is CC(=Cc1ccc2ccn(C)c2c1)C(=O)Nc1ccccc1C(=O)O. The van der Waals surface area contributed by atoms with Crippen LogP contribution in [-0.4, -0.2) is 21.6 Å². The number of carboxylic acids is 1. The second kappa shape index (κ2) is 6.65. The maximum absolute atomic E-state index is 12.4. The highest BCUT2D eigenvalue weighted by atomic mass is 16.4. The third kappa shape index (κ3) is 3.45. The zero-order valence-corrected chi connectivity index (χ0v) is 14.0. The van der Waals surface area contributed by atoms with Crippen molar-refractivity contribution in [1.82, 2.24) is 4.57 Å². The van der Waals surface area contributed by atoms with Crippen LogP contribution in [0.1, 0.15) is 22.8 Å². The van der Waals surface area contributed by atoms with Crippen molar-refractivity contribution in [2.75, 3.05) is 5.32 Å². The van der Waals surface area contributed by atoms with E-state index in [1.54, 1.807) is 31.2 Å². The first-order valence-electron chi connectivity index (χ1n) is 7.83. The molecule has 0 saturated heterocycles. The number of fused-ring (bicyclic) bond motifs is 1. The molecule has 0 spiro atoms. The van der Waals surface area contributed by atoms with Gasteiger partial charge in [-0.05, 0) is 48.2 Å². The highest BCUT2D eigenvalue weighted by Crippen LogP contribution is 2.20. The number of hydrogen-bond donors (Lipinski definition) is 2. The fourth-order valence-corrected chi connectivity index (χ4v) is 2.68. The van der Waals surface area contributed by atoms with Crippen LogP contribution in [0.2, 0.25) is 0 Å². The molecule has 3 aromatic rings. The topological polar surface area (TPSA) is 71.3 Å². The van der Waals surface area contributed by atoms with Crippen LogP contribution in [0.4, 0.5) is 5.69 Å². The summed E-state index contributed by atoms with van der Waals surface area (Å²) in [6.07, 6.45) is 3.77. The number of rotatable bonds is 4. The highest BCUT2D eigenvalue weighted by molar-refractivity contribution is 6.09. The highest BCUT2D eigenvalue weighted by Gasteiger charge is 2.12. The van der Waals surface area contributed by atoms with E-state index in [1.807, 2.05) is 42.1 Å². The fraction of sp³-hybridized carbons (Fsp3) is 0.100. The molecule has 0 atom stereocenters. The van der Waals surface area contributed by atoms with Gasteiger partial charge in [0.05, 0.1) is 11.3 Å². The smallest absolute Gasteiger partial charge is 0.337 e. The Bertz CT molecular complexity index is 999. The molecule has 0 radical (unpaired) electrons. The van der Waals surface area contributed by atoms with Crippen LogP contribution in [0.25, 0.3) is 17.0 Å². The van der Waals surface area contributed by atoms with E-state index < -0.39 is 5.97 Å². The van der Waals surface area contributed by atoms with Crippen LogP contribution >= 0.6 is 0 Å². The summed E-state index contributed by atoms with van der Waals surface area (Å²) in [6, 6.07) is 14.3. The predicted octanol–water partition coefficient (Wildman–Crippen LogP) is 3.92. The van der Waals surface area contributed by atoms with Crippen molar-refractivity contribution in [1.29, 1.82) is 0 Å². The molecule has 2 N–H and O–H groups in total. The number of nitrogens with one attached hydrogen (secondary N) is 1. The number of aryl methyl sites for hydroxylation is 1. The molecule has 126 valence electrons. The Morgan fingerprint density at radius 2 is 1.88 bits per heavy atom. The van der Waals surface area contributed by atoms with Gasteiger partial charge in [0.25, 0.3) is 5.91 Å². The Labute approximate surface area is 145 Å². The van der Waals surface area contributed by atoms with Crippen molar-refractivity contribution >= 4 is 34.5 Å². The van der Waals surface area contributed by atoms with Gasteiger partial charge in [-0.1, -0.05) is 24.3 Å².